The summed E-state index contributed by atoms with van der Waals surface area (Å²) in [5.74, 6) is -1.06. The molecule has 0 rings (SSSR count). The molecule has 0 aliphatic carbocycles. The van der Waals surface area contributed by atoms with Gasteiger partial charge in [0.1, 0.15) is 6.04 Å². The van der Waals surface area contributed by atoms with Crippen LogP contribution in [0.4, 0.5) is 0 Å². The summed E-state index contributed by atoms with van der Waals surface area (Å²) in [7, 11) is 0. The van der Waals surface area contributed by atoms with Gasteiger partial charge in [-0.3, -0.25) is 4.79 Å². The molecule has 0 aliphatic heterocycles. The van der Waals surface area contributed by atoms with Gasteiger partial charge in [0, 0.05) is 6.54 Å². The van der Waals surface area contributed by atoms with Crippen molar-refractivity contribution in [3.63, 3.8) is 0 Å². The summed E-state index contributed by atoms with van der Waals surface area (Å²) >= 11 is 0. The van der Waals surface area contributed by atoms with Crippen LogP contribution >= 0.6 is 0 Å². The Morgan fingerprint density at radius 1 is 1.70 bits per heavy atom. The lowest BCUT2D eigenvalue weighted by Crippen LogP contribution is -2.35. The predicted octanol–water partition coefficient (Wildman–Crippen LogP) is -1.63. The first kappa shape index (κ1) is 9.35. The molecular weight excluding hydrogens is 136 g/mol. The quantitative estimate of drug-likeness (QED) is 0.407. The predicted molar refractivity (Wildman–Crippen MR) is 35.5 cm³/mol. The molecule has 0 aliphatic rings. The van der Waals surface area contributed by atoms with Crippen LogP contribution in [0.15, 0.2) is 0 Å². The third kappa shape index (κ3) is 4.25. The minimum atomic E-state index is -1.06. The van der Waals surface area contributed by atoms with Crippen LogP contribution in [0.1, 0.15) is 0 Å². The van der Waals surface area contributed by atoms with Gasteiger partial charge in [0.05, 0.1) is 13.2 Å². The molecule has 0 aromatic heterocycles. The fourth-order valence-corrected chi connectivity index (χ4v) is 0.365. The highest BCUT2D eigenvalue weighted by Crippen LogP contribution is 1.80. The number of nitrogens with two attached hydrogens (primary N) is 2. The topological polar surface area (TPSA) is 98.6 Å². The van der Waals surface area contributed by atoms with E-state index in [1.165, 1.54) is 0 Å². The second kappa shape index (κ2) is 5.16. The third-order valence-electron chi connectivity index (χ3n) is 0.877. The van der Waals surface area contributed by atoms with Crippen molar-refractivity contribution in [1.82, 2.24) is 0 Å². The molecule has 5 heteroatoms. The van der Waals surface area contributed by atoms with Crippen LogP contribution in [-0.4, -0.2) is 36.9 Å². The average Bonchev–Trinajstić information content (AvgIpc) is 1.88. The smallest absolute Gasteiger partial charge is 0.322 e. The van der Waals surface area contributed by atoms with Crippen molar-refractivity contribution >= 4 is 5.97 Å². The zero-order valence-electron chi connectivity index (χ0n) is 5.62. The number of rotatable bonds is 5. The summed E-state index contributed by atoms with van der Waals surface area (Å²) in [6.07, 6.45) is 0. The molecule has 0 amide bonds. The lowest BCUT2D eigenvalue weighted by atomic mass is 10.3. The molecule has 0 unspecified atom stereocenters. The first-order valence-corrected chi connectivity index (χ1v) is 2.94. The minimum Gasteiger partial charge on any atom is -0.480 e. The molecular formula is C5H12N2O3. The Kier molecular flexibility index (Phi) is 4.82. The second-order valence-electron chi connectivity index (χ2n) is 1.81. The summed E-state index contributed by atoms with van der Waals surface area (Å²) in [5.41, 5.74) is 10.2. The average molecular weight is 148 g/mol. The Bertz CT molecular complexity index is 107. The highest BCUT2D eigenvalue weighted by atomic mass is 16.5. The van der Waals surface area contributed by atoms with Crippen molar-refractivity contribution in [3.05, 3.63) is 0 Å². The SMILES string of the molecule is NCCOC[C@@H](N)C(=O)O. The van der Waals surface area contributed by atoms with Gasteiger partial charge in [-0.2, -0.15) is 0 Å². The van der Waals surface area contributed by atoms with E-state index in [1.54, 1.807) is 0 Å². The molecule has 0 radical (unpaired) electrons. The van der Waals surface area contributed by atoms with Crippen molar-refractivity contribution in [3.8, 4) is 0 Å². The molecule has 0 saturated carbocycles. The van der Waals surface area contributed by atoms with Crippen molar-refractivity contribution < 1.29 is 14.6 Å². The fraction of sp³-hybridized carbons (Fsp3) is 0.800. The molecule has 5 nitrogen and oxygen atoms in total. The maximum absolute atomic E-state index is 10.1. The highest BCUT2D eigenvalue weighted by Gasteiger charge is 2.09. The fourth-order valence-electron chi connectivity index (χ4n) is 0.365. The van der Waals surface area contributed by atoms with Crippen LogP contribution in [0.5, 0.6) is 0 Å². The molecule has 60 valence electrons. The maximum Gasteiger partial charge on any atom is 0.322 e. The lowest BCUT2D eigenvalue weighted by Gasteiger charge is -2.05. The van der Waals surface area contributed by atoms with E-state index in [4.69, 9.17) is 21.3 Å². The van der Waals surface area contributed by atoms with E-state index in [0.29, 0.717) is 13.2 Å². The largest absolute Gasteiger partial charge is 0.480 e. The van der Waals surface area contributed by atoms with Crippen LogP contribution < -0.4 is 11.5 Å². The first-order valence-electron chi connectivity index (χ1n) is 2.94. The van der Waals surface area contributed by atoms with Crippen LogP contribution in [-0.2, 0) is 9.53 Å². The molecule has 0 heterocycles. The van der Waals surface area contributed by atoms with Gasteiger partial charge in [0.15, 0.2) is 0 Å². The third-order valence-corrected chi connectivity index (χ3v) is 0.877. The van der Waals surface area contributed by atoms with E-state index in [0.717, 1.165) is 0 Å². The molecule has 0 spiro atoms. The van der Waals surface area contributed by atoms with Gasteiger partial charge in [-0.1, -0.05) is 0 Å². The standard InChI is InChI=1S/C5H12N2O3/c6-1-2-10-3-4(7)5(8)9/h4H,1-3,6-7H2,(H,8,9)/t4-/m1/s1. The number of carbonyl (C=O) groups is 1. The Hall–Kier alpha value is -0.650. The minimum absolute atomic E-state index is 0.0204. The van der Waals surface area contributed by atoms with E-state index in [-0.39, 0.29) is 6.61 Å². The number of carboxylic acids is 1. The zero-order chi connectivity index (χ0) is 7.98. The number of hydrogen-bond acceptors (Lipinski definition) is 4. The van der Waals surface area contributed by atoms with Gasteiger partial charge in [-0.15, -0.1) is 0 Å². The van der Waals surface area contributed by atoms with Gasteiger partial charge >= 0.3 is 5.97 Å². The normalized spacial score (nSPS) is 13.0. The monoisotopic (exact) mass is 148 g/mol. The summed E-state index contributed by atoms with van der Waals surface area (Å²) < 4.78 is 4.78. The Labute approximate surface area is 58.9 Å². The summed E-state index contributed by atoms with van der Waals surface area (Å²) in [4.78, 5) is 10.1. The molecule has 0 bridgehead atoms. The van der Waals surface area contributed by atoms with Crippen LogP contribution in [0.2, 0.25) is 0 Å². The van der Waals surface area contributed by atoms with E-state index >= 15 is 0 Å². The van der Waals surface area contributed by atoms with Crippen LogP contribution in [0.25, 0.3) is 0 Å². The summed E-state index contributed by atoms with van der Waals surface area (Å²) in [5, 5.41) is 8.25. The maximum atomic E-state index is 10.1. The van der Waals surface area contributed by atoms with E-state index in [2.05, 4.69) is 0 Å². The van der Waals surface area contributed by atoms with Crippen molar-refractivity contribution in [2.45, 2.75) is 6.04 Å². The van der Waals surface area contributed by atoms with Gasteiger partial charge in [-0.25, -0.2) is 0 Å². The Balaban J connectivity index is 3.21. The van der Waals surface area contributed by atoms with Gasteiger partial charge < -0.3 is 21.3 Å². The Morgan fingerprint density at radius 3 is 2.70 bits per heavy atom. The van der Waals surface area contributed by atoms with Crippen LogP contribution in [0.3, 0.4) is 0 Å². The van der Waals surface area contributed by atoms with Crippen LogP contribution in [0, 0.1) is 0 Å². The zero-order valence-corrected chi connectivity index (χ0v) is 5.62. The highest BCUT2D eigenvalue weighted by molar-refractivity contribution is 5.73. The molecule has 5 N–H and O–H groups in total. The molecule has 10 heavy (non-hydrogen) atoms. The number of aliphatic carboxylic acids is 1. The molecule has 0 aromatic carbocycles. The van der Waals surface area contributed by atoms with Gasteiger partial charge in [0.25, 0.3) is 0 Å². The Morgan fingerprint density at radius 2 is 2.30 bits per heavy atom. The number of ether oxygens (including phenoxy) is 1. The van der Waals surface area contributed by atoms with Crippen molar-refractivity contribution in [1.29, 1.82) is 0 Å². The number of hydrogen-bond donors (Lipinski definition) is 3. The first-order chi connectivity index (χ1) is 4.68. The molecule has 0 saturated heterocycles. The van der Waals surface area contributed by atoms with E-state index < -0.39 is 12.0 Å². The van der Waals surface area contributed by atoms with Crippen molar-refractivity contribution in [2.75, 3.05) is 19.8 Å². The van der Waals surface area contributed by atoms with Gasteiger partial charge in [0.2, 0.25) is 0 Å². The second-order valence-corrected chi connectivity index (χ2v) is 1.81. The summed E-state index contributed by atoms with van der Waals surface area (Å²) in [6.45, 7) is 0.750. The van der Waals surface area contributed by atoms with Gasteiger partial charge in [-0.05, 0) is 0 Å². The lowest BCUT2D eigenvalue weighted by molar-refractivity contribution is -0.139. The molecule has 1 atom stereocenters. The molecule has 0 aromatic rings. The van der Waals surface area contributed by atoms with E-state index in [9.17, 15) is 4.79 Å². The number of carboxylic acid groups (broad SMARTS) is 1. The van der Waals surface area contributed by atoms with E-state index in [1.807, 2.05) is 0 Å². The van der Waals surface area contributed by atoms with Crippen molar-refractivity contribution in [2.24, 2.45) is 11.5 Å². The summed E-state index contributed by atoms with van der Waals surface area (Å²) in [6, 6.07) is -0.938. The molecule has 0 fully saturated rings.